The van der Waals surface area contributed by atoms with Crippen molar-refractivity contribution in [2.24, 2.45) is 0 Å². The smallest absolute Gasteiger partial charge is 0.342 e. The minimum atomic E-state index is -0.465. The standard InChI is InChI=1S/C24H22N2O5/c1-14(2)31-24(28)18-12-26(23(27)15-7-8-20-21(11-15)30-13-29-20)10-9-17-16-5-3-4-6-19(16)25-22(17)18/h3-8,11-12,14,25H,9-10,13H2,1-2H3. The second kappa shape index (κ2) is 7.50. The summed E-state index contributed by atoms with van der Waals surface area (Å²) < 4.78 is 16.2. The molecule has 3 heterocycles. The Labute approximate surface area is 179 Å². The van der Waals surface area contributed by atoms with E-state index in [1.54, 1.807) is 43.1 Å². The van der Waals surface area contributed by atoms with Gasteiger partial charge in [-0.3, -0.25) is 4.79 Å². The quantitative estimate of drug-likeness (QED) is 0.653. The second-order valence-electron chi connectivity index (χ2n) is 7.84. The van der Waals surface area contributed by atoms with Crippen LogP contribution in [0.15, 0.2) is 48.7 Å². The van der Waals surface area contributed by atoms with E-state index in [2.05, 4.69) is 4.98 Å². The van der Waals surface area contributed by atoms with Gasteiger partial charge in [-0.05, 0) is 50.1 Å². The van der Waals surface area contributed by atoms with E-state index >= 15 is 0 Å². The van der Waals surface area contributed by atoms with E-state index in [1.807, 2.05) is 24.3 Å². The Hall–Kier alpha value is -3.74. The SMILES string of the molecule is CC(C)OC(=O)C1=CN(C(=O)c2ccc3c(c2)OCO3)CCc2c1[nH]c1ccccc21. The Morgan fingerprint density at radius 1 is 1.10 bits per heavy atom. The molecule has 0 bridgehead atoms. The van der Waals surface area contributed by atoms with E-state index in [4.69, 9.17) is 14.2 Å². The summed E-state index contributed by atoms with van der Waals surface area (Å²) in [5, 5.41) is 1.04. The zero-order chi connectivity index (χ0) is 21.5. The molecule has 2 aliphatic rings. The lowest BCUT2D eigenvalue weighted by Crippen LogP contribution is -2.28. The number of ether oxygens (including phenoxy) is 3. The van der Waals surface area contributed by atoms with E-state index in [1.165, 1.54) is 0 Å². The van der Waals surface area contributed by atoms with E-state index in [0.717, 1.165) is 16.5 Å². The molecule has 0 saturated heterocycles. The van der Waals surface area contributed by atoms with Crippen molar-refractivity contribution in [1.82, 2.24) is 9.88 Å². The predicted octanol–water partition coefficient (Wildman–Crippen LogP) is 3.89. The molecule has 0 aliphatic carbocycles. The number of nitrogens with zero attached hydrogens (tertiary/aromatic N) is 1. The van der Waals surface area contributed by atoms with Crippen LogP contribution in [0.1, 0.15) is 35.5 Å². The molecule has 1 amide bonds. The predicted molar refractivity (Wildman–Crippen MR) is 115 cm³/mol. The fraction of sp³-hybridized carbons (Fsp3) is 0.250. The first-order valence-corrected chi connectivity index (χ1v) is 10.2. The Morgan fingerprint density at radius 3 is 2.74 bits per heavy atom. The third kappa shape index (κ3) is 3.42. The van der Waals surface area contributed by atoms with E-state index < -0.39 is 5.97 Å². The largest absolute Gasteiger partial charge is 0.459 e. The molecule has 0 unspecified atom stereocenters. The molecule has 7 nitrogen and oxygen atoms in total. The Bertz CT molecular complexity index is 1220. The maximum atomic E-state index is 13.3. The Morgan fingerprint density at radius 2 is 1.90 bits per heavy atom. The van der Waals surface area contributed by atoms with Gasteiger partial charge in [-0.15, -0.1) is 0 Å². The van der Waals surface area contributed by atoms with Crippen molar-refractivity contribution >= 4 is 28.4 Å². The summed E-state index contributed by atoms with van der Waals surface area (Å²) in [6.45, 7) is 4.18. The highest BCUT2D eigenvalue weighted by molar-refractivity contribution is 6.18. The van der Waals surface area contributed by atoms with Crippen LogP contribution < -0.4 is 9.47 Å². The summed E-state index contributed by atoms with van der Waals surface area (Å²) in [4.78, 5) is 31.2. The minimum Gasteiger partial charge on any atom is -0.459 e. The second-order valence-corrected chi connectivity index (χ2v) is 7.84. The first-order valence-electron chi connectivity index (χ1n) is 10.2. The van der Waals surface area contributed by atoms with Gasteiger partial charge in [0.05, 0.1) is 17.4 Å². The highest BCUT2D eigenvalue weighted by Gasteiger charge is 2.28. The van der Waals surface area contributed by atoms with Crippen molar-refractivity contribution in [3.05, 3.63) is 65.5 Å². The average molecular weight is 418 g/mol. The summed E-state index contributed by atoms with van der Waals surface area (Å²) in [7, 11) is 0. The van der Waals surface area contributed by atoms with Crippen LogP contribution in [0, 0.1) is 0 Å². The van der Waals surface area contributed by atoms with Crippen molar-refractivity contribution < 1.29 is 23.8 Å². The number of rotatable bonds is 3. The van der Waals surface area contributed by atoms with Gasteiger partial charge in [0.2, 0.25) is 6.79 Å². The number of amides is 1. The number of H-pyrrole nitrogens is 1. The lowest BCUT2D eigenvalue weighted by molar-refractivity contribution is -0.140. The van der Waals surface area contributed by atoms with Gasteiger partial charge in [-0.25, -0.2) is 4.79 Å². The number of aromatic amines is 1. The zero-order valence-corrected chi connectivity index (χ0v) is 17.3. The van der Waals surface area contributed by atoms with Crippen LogP contribution in [0.4, 0.5) is 0 Å². The molecule has 5 rings (SSSR count). The molecule has 1 N–H and O–H groups in total. The van der Waals surface area contributed by atoms with Gasteiger partial charge >= 0.3 is 5.97 Å². The van der Waals surface area contributed by atoms with Crippen LogP contribution in [0.5, 0.6) is 11.5 Å². The molecule has 0 saturated carbocycles. The number of hydrogen-bond donors (Lipinski definition) is 1. The number of para-hydroxylation sites is 1. The van der Waals surface area contributed by atoms with E-state index in [0.29, 0.717) is 41.3 Å². The average Bonchev–Trinajstić information content (AvgIpc) is 3.32. The molecule has 2 aliphatic heterocycles. The normalized spacial score (nSPS) is 14.9. The molecular weight excluding hydrogens is 396 g/mol. The summed E-state index contributed by atoms with van der Waals surface area (Å²) in [5.74, 6) is 0.474. The molecule has 7 heteroatoms. The number of aromatic nitrogens is 1. The van der Waals surface area contributed by atoms with Crippen molar-refractivity contribution in [2.45, 2.75) is 26.4 Å². The number of benzene rings is 2. The Balaban J connectivity index is 1.56. The van der Waals surface area contributed by atoms with Crippen LogP contribution in [-0.2, 0) is 16.0 Å². The number of hydrogen-bond acceptors (Lipinski definition) is 5. The molecule has 0 radical (unpaired) electrons. The lowest BCUT2D eigenvalue weighted by Gasteiger charge is -2.18. The molecule has 0 atom stereocenters. The molecule has 31 heavy (non-hydrogen) atoms. The number of carbonyl (C=O) groups is 2. The number of fused-ring (bicyclic) bond motifs is 4. The summed E-state index contributed by atoms with van der Waals surface area (Å²) in [6, 6.07) is 13.0. The van der Waals surface area contributed by atoms with Gasteiger partial charge in [-0.2, -0.15) is 0 Å². The van der Waals surface area contributed by atoms with Crippen LogP contribution >= 0.6 is 0 Å². The zero-order valence-electron chi connectivity index (χ0n) is 17.3. The monoisotopic (exact) mass is 418 g/mol. The molecule has 158 valence electrons. The van der Waals surface area contributed by atoms with Crippen LogP contribution in [0.25, 0.3) is 16.5 Å². The molecule has 0 spiro atoms. The van der Waals surface area contributed by atoms with Gasteiger partial charge < -0.3 is 24.1 Å². The van der Waals surface area contributed by atoms with Gasteiger partial charge in [-0.1, -0.05) is 18.2 Å². The van der Waals surface area contributed by atoms with Gasteiger partial charge in [0.15, 0.2) is 11.5 Å². The number of carbonyl (C=O) groups excluding carboxylic acids is 2. The molecular formula is C24H22N2O5. The third-order valence-electron chi connectivity index (χ3n) is 5.41. The molecule has 1 aromatic heterocycles. The first-order chi connectivity index (χ1) is 15.0. The summed E-state index contributed by atoms with van der Waals surface area (Å²) in [5.41, 5.74) is 3.46. The molecule has 3 aromatic rings. The molecule has 0 fully saturated rings. The third-order valence-corrected chi connectivity index (χ3v) is 5.41. The van der Waals surface area contributed by atoms with Crippen LogP contribution in [0.2, 0.25) is 0 Å². The molecule has 2 aromatic carbocycles. The topological polar surface area (TPSA) is 80.9 Å². The van der Waals surface area contributed by atoms with Gasteiger partial charge in [0.1, 0.15) is 0 Å². The number of esters is 1. The fourth-order valence-corrected chi connectivity index (χ4v) is 3.99. The van der Waals surface area contributed by atoms with Crippen LogP contribution in [0.3, 0.4) is 0 Å². The van der Waals surface area contributed by atoms with Gasteiger partial charge in [0, 0.05) is 29.2 Å². The van der Waals surface area contributed by atoms with Crippen molar-refractivity contribution in [3.8, 4) is 11.5 Å². The van der Waals surface area contributed by atoms with Crippen molar-refractivity contribution in [3.63, 3.8) is 0 Å². The highest BCUT2D eigenvalue weighted by Crippen LogP contribution is 2.34. The van der Waals surface area contributed by atoms with Gasteiger partial charge in [0.25, 0.3) is 5.91 Å². The Kier molecular flexibility index (Phi) is 4.66. The van der Waals surface area contributed by atoms with E-state index in [-0.39, 0.29) is 18.8 Å². The maximum absolute atomic E-state index is 13.3. The van der Waals surface area contributed by atoms with E-state index in [9.17, 15) is 9.59 Å². The fourth-order valence-electron chi connectivity index (χ4n) is 3.99. The number of nitrogens with one attached hydrogen (secondary N) is 1. The first kappa shape index (κ1) is 19.2. The summed E-state index contributed by atoms with van der Waals surface area (Å²) >= 11 is 0. The highest BCUT2D eigenvalue weighted by atomic mass is 16.7. The lowest BCUT2D eigenvalue weighted by atomic mass is 10.0. The van der Waals surface area contributed by atoms with Crippen LogP contribution in [-0.4, -0.2) is 41.2 Å². The van der Waals surface area contributed by atoms with Crippen molar-refractivity contribution in [2.75, 3.05) is 13.3 Å². The van der Waals surface area contributed by atoms with Crippen molar-refractivity contribution in [1.29, 1.82) is 0 Å². The maximum Gasteiger partial charge on any atom is 0.342 e. The summed E-state index contributed by atoms with van der Waals surface area (Å²) in [6.07, 6.45) is 1.92. The minimum absolute atomic E-state index is 0.142.